The SMILES string of the molecule is O=c1ncn2c(c1Br)OCCCC2. The van der Waals surface area contributed by atoms with Crippen molar-refractivity contribution in [1.82, 2.24) is 9.55 Å². The van der Waals surface area contributed by atoms with E-state index in [1.165, 1.54) is 6.33 Å². The fraction of sp³-hybridized carbons (Fsp3) is 0.500. The molecule has 0 atom stereocenters. The minimum absolute atomic E-state index is 0.270. The summed E-state index contributed by atoms with van der Waals surface area (Å²) in [6.07, 6.45) is 3.61. The number of nitrogens with zero attached hydrogens (tertiary/aromatic N) is 2. The second-order valence-electron chi connectivity index (χ2n) is 2.92. The second kappa shape index (κ2) is 3.49. The number of aryl methyl sites for hydroxylation is 1. The highest BCUT2D eigenvalue weighted by atomic mass is 79.9. The molecule has 0 saturated heterocycles. The molecule has 13 heavy (non-hydrogen) atoms. The third kappa shape index (κ3) is 1.60. The highest BCUT2D eigenvalue weighted by Gasteiger charge is 2.13. The molecule has 1 aromatic rings. The molecule has 0 bridgehead atoms. The van der Waals surface area contributed by atoms with Gasteiger partial charge in [-0.3, -0.25) is 4.79 Å². The summed E-state index contributed by atoms with van der Waals surface area (Å²) in [6.45, 7) is 1.53. The van der Waals surface area contributed by atoms with Crippen LogP contribution >= 0.6 is 15.9 Å². The number of hydrogen-bond acceptors (Lipinski definition) is 3. The number of fused-ring (bicyclic) bond motifs is 1. The first kappa shape index (κ1) is 8.74. The topological polar surface area (TPSA) is 44.1 Å². The zero-order chi connectivity index (χ0) is 9.26. The van der Waals surface area contributed by atoms with Crippen LogP contribution in [0.25, 0.3) is 0 Å². The fourth-order valence-corrected chi connectivity index (χ4v) is 1.75. The van der Waals surface area contributed by atoms with Crippen molar-refractivity contribution in [2.45, 2.75) is 19.4 Å². The maximum atomic E-state index is 11.2. The molecule has 0 aliphatic carbocycles. The lowest BCUT2D eigenvalue weighted by Crippen LogP contribution is -2.14. The molecule has 0 radical (unpaired) electrons. The molecular formula is C8H9BrN2O2. The molecule has 0 amide bonds. The first-order valence-electron chi connectivity index (χ1n) is 4.17. The van der Waals surface area contributed by atoms with Crippen LogP contribution in [0, 0.1) is 0 Å². The van der Waals surface area contributed by atoms with Crippen molar-refractivity contribution in [3.8, 4) is 5.88 Å². The third-order valence-corrected chi connectivity index (χ3v) is 2.66. The van der Waals surface area contributed by atoms with Gasteiger partial charge in [0.1, 0.15) is 10.8 Å². The summed E-state index contributed by atoms with van der Waals surface area (Å²) in [4.78, 5) is 14.9. The van der Waals surface area contributed by atoms with Gasteiger partial charge in [0.2, 0.25) is 5.88 Å². The van der Waals surface area contributed by atoms with Crippen LogP contribution in [0.3, 0.4) is 0 Å². The summed E-state index contributed by atoms with van der Waals surface area (Å²) in [5, 5.41) is 0. The molecule has 0 fully saturated rings. The van der Waals surface area contributed by atoms with Crippen LogP contribution in [-0.4, -0.2) is 16.2 Å². The first-order valence-corrected chi connectivity index (χ1v) is 4.96. The van der Waals surface area contributed by atoms with Crippen molar-refractivity contribution in [1.29, 1.82) is 0 Å². The second-order valence-corrected chi connectivity index (χ2v) is 3.71. The summed E-state index contributed by atoms with van der Waals surface area (Å²) in [5.41, 5.74) is -0.270. The predicted molar refractivity (Wildman–Crippen MR) is 50.9 cm³/mol. The molecule has 1 aliphatic rings. The average Bonchev–Trinajstić information content (AvgIpc) is 2.36. The lowest BCUT2D eigenvalue weighted by Gasteiger charge is -2.09. The van der Waals surface area contributed by atoms with Gasteiger partial charge in [0.05, 0.1) is 6.61 Å². The quantitative estimate of drug-likeness (QED) is 0.689. The number of rotatable bonds is 0. The minimum atomic E-state index is -0.270. The molecule has 5 heteroatoms. The Morgan fingerprint density at radius 1 is 1.54 bits per heavy atom. The van der Waals surface area contributed by atoms with E-state index in [0.29, 0.717) is 17.0 Å². The molecule has 0 N–H and O–H groups in total. The Balaban J connectivity index is 2.54. The normalized spacial score (nSPS) is 15.8. The van der Waals surface area contributed by atoms with E-state index in [4.69, 9.17) is 4.74 Å². The van der Waals surface area contributed by atoms with Crippen LogP contribution in [-0.2, 0) is 6.54 Å². The number of halogens is 1. The van der Waals surface area contributed by atoms with E-state index >= 15 is 0 Å². The van der Waals surface area contributed by atoms with E-state index in [-0.39, 0.29) is 5.56 Å². The average molecular weight is 245 g/mol. The number of aromatic nitrogens is 2. The summed E-state index contributed by atoms with van der Waals surface area (Å²) in [6, 6.07) is 0. The smallest absolute Gasteiger partial charge is 0.290 e. The van der Waals surface area contributed by atoms with E-state index in [1.807, 2.05) is 4.57 Å². The van der Waals surface area contributed by atoms with Gasteiger partial charge < -0.3 is 9.30 Å². The zero-order valence-electron chi connectivity index (χ0n) is 6.99. The monoisotopic (exact) mass is 244 g/mol. The molecule has 1 aromatic heterocycles. The van der Waals surface area contributed by atoms with Gasteiger partial charge in [-0.15, -0.1) is 0 Å². The van der Waals surface area contributed by atoms with Crippen LogP contribution in [0.5, 0.6) is 5.88 Å². The van der Waals surface area contributed by atoms with Gasteiger partial charge >= 0.3 is 0 Å². The van der Waals surface area contributed by atoms with Gasteiger partial charge in [-0.1, -0.05) is 0 Å². The van der Waals surface area contributed by atoms with Crippen LogP contribution in [0.1, 0.15) is 12.8 Å². The van der Waals surface area contributed by atoms with Crippen LogP contribution in [0.2, 0.25) is 0 Å². The summed E-state index contributed by atoms with van der Waals surface area (Å²) in [7, 11) is 0. The van der Waals surface area contributed by atoms with Gasteiger partial charge in [0.25, 0.3) is 5.56 Å². The molecule has 0 aromatic carbocycles. The lowest BCUT2D eigenvalue weighted by atomic mass is 10.3. The van der Waals surface area contributed by atoms with Crippen molar-refractivity contribution < 1.29 is 4.74 Å². The molecule has 70 valence electrons. The van der Waals surface area contributed by atoms with Crippen LogP contribution in [0.4, 0.5) is 0 Å². The fourth-order valence-electron chi connectivity index (χ4n) is 1.31. The maximum absolute atomic E-state index is 11.2. The maximum Gasteiger partial charge on any atom is 0.290 e. The Bertz CT molecular complexity index is 375. The van der Waals surface area contributed by atoms with Crippen molar-refractivity contribution in [2.75, 3.05) is 6.61 Å². The summed E-state index contributed by atoms with van der Waals surface area (Å²) >= 11 is 3.18. The zero-order valence-corrected chi connectivity index (χ0v) is 8.58. The Morgan fingerprint density at radius 3 is 3.23 bits per heavy atom. The molecule has 0 unspecified atom stereocenters. The van der Waals surface area contributed by atoms with Crippen LogP contribution in [0.15, 0.2) is 15.6 Å². The summed E-state index contributed by atoms with van der Waals surface area (Å²) < 4.78 is 7.72. The lowest BCUT2D eigenvalue weighted by molar-refractivity contribution is 0.301. The van der Waals surface area contributed by atoms with Crippen molar-refractivity contribution >= 4 is 15.9 Å². The molecule has 0 spiro atoms. The standard InChI is InChI=1S/C8H9BrN2O2/c9-6-7(12)10-5-11-3-1-2-4-13-8(6)11/h5H,1-4H2. The Labute approximate surface area is 83.7 Å². The molecule has 2 heterocycles. The highest BCUT2D eigenvalue weighted by molar-refractivity contribution is 9.10. The largest absolute Gasteiger partial charge is 0.478 e. The molecule has 4 nitrogen and oxygen atoms in total. The van der Waals surface area contributed by atoms with Crippen molar-refractivity contribution in [3.63, 3.8) is 0 Å². The van der Waals surface area contributed by atoms with E-state index in [1.54, 1.807) is 0 Å². The molecule has 2 rings (SSSR count). The van der Waals surface area contributed by atoms with Crippen LogP contribution < -0.4 is 10.3 Å². The van der Waals surface area contributed by atoms with E-state index in [9.17, 15) is 4.79 Å². The third-order valence-electron chi connectivity index (χ3n) is 1.98. The van der Waals surface area contributed by atoms with E-state index < -0.39 is 0 Å². The predicted octanol–water partition coefficient (Wildman–Crippen LogP) is 1.18. The van der Waals surface area contributed by atoms with Gasteiger partial charge in [-0.25, -0.2) is 0 Å². The number of hydrogen-bond donors (Lipinski definition) is 0. The Hall–Kier alpha value is -0.840. The van der Waals surface area contributed by atoms with Gasteiger partial charge in [-0.05, 0) is 28.8 Å². The molecular weight excluding hydrogens is 236 g/mol. The molecule has 0 saturated carbocycles. The molecule has 1 aliphatic heterocycles. The minimum Gasteiger partial charge on any atom is -0.478 e. The Kier molecular flexibility index (Phi) is 2.35. The van der Waals surface area contributed by atoms with Crippen molar-refractivity contribution in [2.24, 2.45) is 0 Å². The van der Waals surface area contributed by atoms with Gasteiger partial charge in [0.15, 0.2) is 0 Å². The van der Waals surface area contributed by atoms with Crippen molar-refractivity contribution in [3.05, 3.63) is 21.2 Å². The van der Waals surface area contributed by atoms with E-state index in [2.05, 4.69) is 20.9 Å². The Morgan fingerprint density at radius 2 is 2.38 bits per heavy atom. The first-order chi connectivity index (χ1) is 6.29. The van der Waals surface area contributed by atoms with Gasteiger partial charge in [-0.2, -0.15) is 4.98 Å². The highest BCUT2D eigenvalue weighted by Crippen LogP contribution is 2.22. The van der Waals surface area contributed by atoms with Gasteiger partial charge in [0, 0.05) is 6.54 Å². The number of ether oxygens (including phenoxy) is 1. The van der Waals surface area contributed by atoms with E-state index in [0.717, 1.165) is 19.4 Å². The summed E-state index contributed by atoms with van der Waals surface area (Å²) in [5.74, 6) is 0.609.